The number of ether oxygens (including phenoxy) is 1. The third-order valence-corrected chi connectivity index (χ3v) is 1.24. The molecule has 0 saturated heterocycles. The summed E-state index contributed by atoms with van der Waals surface area (Å²) in [5.74, 6) is 3.82. The number of ketones is 1. The van der Waals surface area contributed by atoms with E-state index in [1.54, 1.807) is 0 Å². The minimum absolute atomic E-state index is 0.0653. The predicted molar refractivity (Wildman–Crippen MR) is 45.7 cm³/mol. The smallest absolute Gasteiger partial charge is 0.384 e. The van der Waals surface area contributed by atoms with Crippen LogP contribution in [0.1, 0.15) is 19.8 Å². The third kappa shape index (κ3) is 7.04. The van der Waals surface area contributed by atoms with E-state index in [9.17, 15) is 9.59 Å². The van der Waals surface area contributed by atoms with Crippen LogP contribution in [0.2, 0.25) is 0 Å². The quantitative estimate of drug-likeness (QED) is 0.377. The fourth-order valence-electron chi connectivity index (χ4n) is 0.696. The Morgan fingerprint density at radius 2 is 2.15 bits per heavy atom. The molecule has 0 aliphatic carbocycles. The topological polar surface area (TPSA) is 63.6 Å². The lowest BCUT2D eigenvalue weighted by molar-refractivity contribution is -0.133. The Kier molecular flexibility index (Phi) is 5.57. The summed E-state index contributed by atoms with van der Waals surface area (Å²) in [5.41, 5.74) is 0. The van der Waals surface area contributed by atoms with Crippen LogP contribution in [0.3, 0.4) is 0 Å². The molecule has 4 nitrogen and oxygen atoms in total. The monoisotopic (exact) mass is 184 g/mol. The van der Waals surface area contributed by atoms with Crippen molar-refractivity contribution >= 4 is 11.8 Å². The van der Waals surface area contributed by atoms with Gasteiger partial charge >= 0.3 is 5.97 Å². The van der Waals surface area contributed by atoms with Crippen LogP contribution < -0.4 is 0 Å². The average molecular weight is 184 g/mol. The van der Waals surface area contributed by atoms with Crippen LogP contribution >= 0.6 is 0 Å². The Bertz CT molecular complexity index is 246. The van der Waals surface area contributed by atoms with Gasteiger partial charge in [-0.3, -0.25) is 4.79 Å². The van der Waals surface area contributed by atoms with Crippen LogP contribution in [0.25, 0.3) is 0 Å². The van der Waals surface area contributed by atoms with E-state index in [-0.39, 0.29) is 18.6 Å². The molecule has 0 heterocycles. The van der Waals surface area contributed by atoms with Crippen molar-refractivity contribution in [3.63, 3.8) is 0 Å². The molecule has 1 N–H and O–H groups in total. The van der Waals surface area contributed by atoms with Crippen LogP contribution in [0.5, 0.6) is 0 Å². The largest absolute Gasteiger partial charge is 0.459 e. The maximum absolute atomic E-state index is 10.5. The SMILES string of the molecule is COC(=O)C#CC[C@@H](O)CC(C)=O. The first-order valence-corrected chi connectivity index (χ1v) is 3.80. The molecule has 0 aromatic rings. The van der Waals surface area contributed by atoms with Gasteiger partial charge in [0.15, 0.2) is 0 Å². The van der Waals surface area contributed by atoms with Crippen LogP contribution in [-0.2, 0) is 14.3 Å². The maximum Gasteiger partial charge on any atom is 0.384 e. The van der Waals surface area contributed by atoms with Gasteiger partial charge in [0.2, 0.25) is 0 Å². The standard InChI is InChI=1S/C9H12O4/c1-7(10)6-8(11)4-3-5-9(12)13-2/h8,11H,4,6H2,1-2H3/t8-/m1/s1. The van der Waals surface area contributed by atoms with Crippen molar-refractivity contribution in [2.24, 2.45) is 0 Å². The summed E-state index contributed by atoms with van der Waals surface area (Å²) in [6, 6.07) is 0. The van der Waals surface area contributed by atoms with Gasteiger partial charge in [-0.2, -0.15) is 0 Å². The van der Waals surface area contributed by atoms with Crippen LogP contribution in [-0.4, -0.2) is 30.1 Å². The Morgan fingerprint density at radius 1 is 1.54 bits per heavy atom. The van der Waals surface area contributed by atoms with Crippen LogP contribution in [0, 0.1) is 11.8 Å². The summed E-state index contributed by atoms with van der Waals surface area (Å²) < 4.78 is 4.25. The zero-order chi connectivity index (χ0) is 10.3. The molecule has 13 heavy (non-hydrogen) atoms. The van der Waals surface area contributed by atoms with E-state index in [1.165, 1.54) is 14.0 Å². The van der Waals surface area contributed by atoms with E-state index in [0.717, 1.165) is 0 Å². The molecule has 0 unspecified atom stereocenters. The maximum atomic E-state index is 10.5. The normalized spacial score (nSPS) is 11.0. The first kappa shape index (κ1) is 11.7. The number of esters is 1. The molecule has 0 bridgehead atoms. The minimum Gasteiger partial charge on any atom is -0.459 e. The molecular formula is C9H12O4. The van der Waals surface area contributed by atoms with Gasteiger partial charge in [0, 0.05) is 18.8 Å². The van der Waals surface area contributed by atoms with Gasteiger partial charge in [0.25, 0.3) is 0 Å². The highest BCUT2D eigenvalue weighted by atomic mass is 16.5. The molecule has 0 aliphatic heterocycles. The second-order valence-corrected chi connectivity index (χ2v) is 2.56. The highest BCUT2D eigenvalue weighted by Gasteiger charge is 2.04. The molecule has 0 amide bonds. The molecule has 4 heteroatoms. The second kappa shape index (κ2) is 6.21. The van der Waals surface area contributed by atoms with Crippen molar-refractivity contribution in [1.82, 2.24) is 0 Å². The number of rotatable bonds is 3. The van der Waals surface area contributed by atoms with E-state index in [1.807, 2.05) is 0 Å². The number of carbonyl (C=O) groups excluding carboxylic acids is 2. The molecule has 0 aromatic heterocycles. The molecule has 0 rings (SSSR count). The summed E-state index contributed by atoms with van der Waals surface area (Å²) in [5, 5.41) is 9.13. The Hall–Kier alpha value is -1.34. The Morgan fingerprint density at radius 3 is 2.62 bits per heavy atom. The van der Waals surface area contributed by atoms with Gasteiger partial charge in [-0.05, 0) is 6.92 Å². The summed E-state index contributed by atoms with van der Waals surface area (Å²) in [6.45, 7) is 1.39. The van der Waals surface area contributed by atoms with Gasteiger partial charge in [0.05, 0.1) is 13.2 Å². The fraction of sp³-hybridized carbons (Fsp3) is 0.556. The van der Waals surface area contributed by atoms with Crippen molar-refractivity contribution in [1.29, 1.82) is 0 Å². The molecule has 72 valence electrons. The Balaban J connectivity index is 3.78. The van der Waals surface area contributed by atoms with Crippen molar-refractivity contribution in [2.75, 3.05) is 7.11 Å². The first-order chi connectivity index (χ1) is 6.06. The average Bonchev–Trinajstić information content (AvgIpc) is 2.02. The van der Waals surface area contributed by atoms with Gasteiger partial charge < -0.3 is 9.84 Å². The number of aliphatic hydroxyl groups is 1. The lowest BCUT2D eigenvalue weighted by Gasteiger charge is -2.01. The van der Waals surface area contributed by atoms with E-state index in [4.69, 9.17) is 5.11 Å². The van der Waals surface area contributed by atoms with E-state index in [2.05, 4.69) is 16.6 Å². The number of methoxy groups -OCH3 is 1. The Labute approximate surface area is 76.9 Å². The summed E-state index contributed by atoms with van der Waals surface area (Å²) in [7, 11) is 1.23. The first-order valence-electron chi connectivity index (χ1n) is 3.80. The number of aliphatic hydroxyl groups excluding tert-OH is 1. The van der Waals surface area contributed by atoms with E-state index >= 15 is 0 Å². The van der Waals surface area contributed by atoms with E-state index in [0.29, 0.717) is 0 Å². The molecule has 0 radical (unpaired) electrons. The van der Waals surface area contributed by atoms with E-state index < -0.39 is 12.1 Å². The highest BCUT2D eigenvalue weighted by molar-refractivity contribution is 5.88. The molecule has 0 aliphatic rings. The lowest BCUT2D eigenvalue weighted by atomic mass is 10.1. The van der Waals surface area contributed by atoms with Gasteiger partial charge in [-0.25, -0.2) is 4.79 Å². The number of carbonyl (C=O) groups is 2. The molecule has 0 fully saturated rings. The molecule has 0 spiro atoms. The molecular weight excluding hydrogens is 172 g/mol. The highest BCUT2D eigenvalue weighted by Crippen LogP contribution is 1.96. The predicted octanol–water partition coefficient (Wildman–Crippen LogP) is -0.107. The fourth-order valence-corrected chi connectivity index (χ4v) is 0.696. The molecule has 1 atom stereocenters. The number of Topliss-reactive ketones (excluding diaryl/α,β-unsaturated/α-hetero) is 1. The van der Waals surface area contributed by atoms with Crippen molar-refractivity contribution in [2.45, 2.75) is 25.9 Å². The van der Waals surface area contributed by atoms with Crippen molar-refractivity contribution < 1.29 is 19.4 Å². The van der Waals surface area contributed by atoms with Gasteiger partial charge in [-0.1, -0.05) is 5.92 Å². The summed E-state index contributed by atoms with van der Waals surface area (Å²) in [6.07, 6.45) is -0.625. The summed E-state index contributed by atoms with van der Waals surface area (Å²) in [4.78, 5) is 21.0. The third-order valence-electron chi connectivity index (χ3n) is 1.24. The zero-order valence-corrected chi connectivity index (χ0v) is 7.66. The number of hydrogen-bond donors (Lipinski definition) is 1. The zero-order valence-electron chi connectivity index (χ0n) is 7.66. The summed E-state index contributed by atoms with van der Waals surface area (Å²) >= 11 is 0. The molecule has 0 saturated carbocycles. The van der Waals surface area contributed by atoms with Crippen LogP contribution in [0.4, 0.5) is 0 Å². The molecule has 0 aromatic carbocycles. The van der Waals surface area contributed by atoms with Gasteiger partial charge in [0.1, 0.15) is 5.78 Å². The van der Waals surface area contributed by atoms with Gasteiger partial charge in [-0.15, -0.1) is 0 Å². The second-order valence-electron chi connectivity index (χ2n) is 2.56. The minimum atomic E-state index is -0.797. The van der Waals surface area contributed by atoms with Crippen LogP contribution in [0.15, 0.2) is 0 Å². The lowest BCUT2D eigenvalue weighted by Crippen LogP contribution is -2.10. The van der Waals surface area contributed by atoms with Crippen molar-refractivity contribution in [3.05, 3.63) is 0 Å². The number of hydrogen-bond acceptors (Lipinski definition) is 4. The van der Waals surface area contributed by atoms with Crippen molar-refractivity contribution in [3.8, 4) is 11.8 Å².